The molecule has 3 rings (SSSR count). The van der Waals surface area contributed by atoms with Crippen LogP contribution in [0.4, 0.5) is 10.1 Å². The first-order valence-corrected chi connectivity index (χ1v) is 7.89. The summed E-state index contributed by atoms with van der Waals surface area (Å²) in [4.78, 5) is 3.01. The molecule has 1 aliphatic rings. The number of rotatable bonds is 4. The van der Waals surface area contributed by atoms with E-state index >= 15 is 0 Å². The molecule has 1 heterocycles. The van der Waals surface area contributed by atoms with Crippen LogP contribution in [0.3, 0.4) is 0 Å². The van der Waals surface area contributed by atoms with Gasteiger partial charge in [0.05, 0.1) is 17.3 Å². The summed E-state index contributed by atoms with van der Waals surface area (Å²) in [5.74, 6) is -0.379. The first-order chi connectivity index (χ1) is 9.99. The van der Waals surface area contributed by atoms with Crippen molar-refractivity contribution in [1.29, 1.82) is 5.26 Å². The van der Waals surface area contributed by atoms with Crippen molar-refractivity contribution < 1.29 is 12.8 Å². The molecular weight excluding hydrogens is 293 g/mol. The lowest BCUT2D eigenvalue weighted by molar-refractivity contribution is 0.598. The first-order valence-electron chi connectivity index (χ1n) is 6.40. The van der Waals surface area contributed by atoms with Gasteiger partial charge in [0, 0.05) is 11.9 Å². The molecule has 1 fully saturated rings. The van der Waals surface area contributed by atoms with Gasteiger partial charge in [0.2, 0.25) is 0 Å². The smallest absolute Gasteiger partial charge is 0.263 e. The summed E-state index contributed by atoms with van der Waals surface area (Å²) >= 11 is 0. The van der Waals surface area contributed by atoms with Gasteiger partial charge in [-0.15, -0.1) is 0 Å². The second-order valence-corrected chi connectivity index (χ2v) is 6.66. The Balaban J connectivity index is 1.86. The maximum Gasteiger partial charge on any atom is 0.263 e. The van der Waals surface area contributed by atoms with Crippen molar-refractivity contribution in [3.63, 3.8) is 0 Å². The molecule has 0 aliphatic heterocycles. The summed E-state index contributed by atoms with van der Waals surface area (Å²) in [6.45, 7) is 0. The number of aromatic nitrogens is 1. The zero-order valence-corrected chi connectivity index (χ0v) is 11.7. The molecule has 0 radical (unpaired) electrons. The van der Waals surface area contributed by atoms with Gasteiger partial charge in [-0.25, -0.2) is 12.8 Å². The summed E-state index contributed by atoms with van der Waals surface area (Å²) in [7, 11) is -3.84. The van der Waals surface area contributed by atoms with E-state index in [-0.39, 0.29) is 16.1 Å². The van der Waals surface area contributed by atoms with Gasteiger partial charge < -0.3 is 4.98 Å². The van der Waals surface area contributed by atoms with Crippen LogP contribution in [0.25, 0.3) is 0 Å². The van der Waals surface area contributed by atoms with Crippen LogP contribution in [0, 0.1) is 17.1 Å². The highest BCUT2D eigenvalue weighted by Gasteiger charge is 2.27. The number of H-pyrrole nitrogens is 1. The highest BCUT2D eigenvalue weighted by molar-refractivity contribution is 7.92. The highest BCUT2D eigenvalue weighted by Crippen LogP contribution is 2.40. The molecule has 1 aromatic heterocycles. The number of anilines is 1. The number of nitriles is 1. The Morgan fingerprint density at radius 1 is 1.33 bits per heavy atom. The number of hydrogen-bond acceptors (Lipinski definition) is 3. The van der Waals surface area contributed by atoms with E-state index in [0.717, 1.165) is 24.6 Å². The minimum atomic E-state index is -3.84. The van der Waals surface area contributed by atoms with Gasteiger partial charge in [-0.05, 0) is 43.0 Å². The third kappa shape index (κ3) is 2.76. The average Bonchev–Trinajstić information content (AvgIpc) is 3.17. The predicted molar refractivity (Wildman–Crippen MR) is 74.7 cm³/mol. The van der Waals surface area contributed by atoms with E-state index < -0.39 is 15.8 Å². The number of aromatic amines is 1. The second-order valence-electron chi connectivity index (χ2n) is 4.98. The van der Waals surface area contributed by atoms with Crippen molar-refractivity contribution in [3.8, 4) is 6.07 Å². The Labute approximate surface area is 121 Å². The molecule has 7 heteroatoms. The molecule has 1 aliphatic carbocycles. The van der Waals surface area contributed by atoms with E-state index in [0.29, 0.717) is 5.92 Å². The van der Waals surface area contributed by atoms with Gasteiger partial charge >= 0.3 is 0 Å². The zero-order chi connectivity index (χ0) is 15.0. The number of nitrogens with zero attached hydrogens (tertiary/aromatic N) is 1. The molecule has 1 aromatic carbocycles. The summed E-state index contributed by atoms with van der Waals surface area (Å²) in [6.07, 6.45) is 3.51. The second kappa shape index (κ2) is 4.90. The average molecular weight is 305 g/mol. The largest absolute Gasteiger partial charge is 0.363 e. The summed E-state index contributed by atoms with van der Waals surface area (Å²) in [5.41, 5.74) is 0.840. The van der Waals surface area contributed by atoms with Crippen molar-refractivity contribution in [3.05, 3.63) is 47.5 Å². The number of halogens is 1. The maximum absolute atomic E-state index is 13.7. The lowest BCUT2D eigenvalue weighted by atomic mass is 10.2. The van der Waals surface area contributed by atoms with E-state index in [2.05, 4.69) is 9.71 Å². The van der Waals surface area contributed by atoms with Crippen molar-refractivity contribution in [2.24, 2.45) is 0 Å². The van der Waals surface area contributed by atoms with Gasteiger partial charge in [0.1, 0.15) is 10.7 Å². The van der Waals surface area contributed by atoms with Crippen LogP contribution in [0.5, 0.6) is 0 Å². The van der Waals surface area contributed by atoms with Crippen molar-refractivity contribution >= 4 is 15.7 Å². The molecular formula is C14H12FN3O2S. The molecule has 21 heavy (non-hydrogen) atoms. The monoisotopic (exact) mass is 305 g/mol. The quantitative estimate of drug-likeness (QED) is 0.910. The molecule has 0 unspecified atom stereocenters. The van der Waals surface area contributed by atoms with Gasteiger partial charge in [-0.3, -0.25) is 4.72 Å². The Kier molecular flexibility index (Phi) is 3.18. The van der Waals surface area contributed by atoms with E-state index in [4.69, 9.17) is 5.26 Å². The van der Waals surface area contributed by atoms with E-state index in [1.54, 1.807) is 12.1 Å². The first kappa shape index (κ1) is 13.6. The highest BCUT2D eigenvalue weighted by atomic mass is 32.2. The fourth-order valence-corrected chi connectivity index (χ4v) is 3.12. The minimum absolute atomic E-state index is 0.0770. The lowest BCUT2D eigenvalue weighted by Gasteiger charge is -2.07. The molecule has 2 aromatic rings. The third-order valence-electron chi connectivity index (χ3n) is 3.35. The topological polar surface area (TPSA) is 85.8 Å². The van der Waals surface area contributed by atoms with Crippen LogP contribution in [-0.2, 0) is 10.0 Å². The number of nitrogens with one attached hydrogen (secondary N) is 2. The van der Waals surface area contributed by atoms with Crippen LogP contribution >= 0.6 is 0 Å². The van der Waals surface area contributed by atoms with Crippen LogP contribution in [0.1, 0.15) is 30.0 Å². The third-order valence-corrected chi connectivity index (χ3v) is 4.69. The summed E-state index contributed by atoms with van der Waals surface area (Å²) < 4.78 is 40.3. The Bertz CT molecular complexity index is 832. The molecule has 0 spiro atoms. The van der Waals surface area contributed by atoms with Gasteiger partial charge in [0.15, 0.2) is 0 Å². The summed E-state index contributed by atoms with van der Waals surface area (Å²) in [6, 6.07) is 6.94. The number of sulfonamides is 1. The normalized spacial score (nSPS) is 14.7. The molecule has 108 valence electrons. The van der Waals surface area contributed by atoms with Crippen molar-refractivity contribution in [2.75, 3.05) is 4.72 Å². The fraction of sp³-hybridized carbons (Fsp3) is 0.214. The van der Waals surface area contributed by atoms with Crippen molar-refractivity contribution in [2.45, 2.75) is 23.7 Å². The van der Waals surface area contributed by atoms with Crippen molar-refractivity contribution in [1.82, 2.24) is 4.98 Å². The lowest BCUT2D eigenvalue weighted by Crippen LogP contribution is -2.13. The van der Waals surface area contributed by atoms with Gasteiger partial charge in [-0.2, -0.15) is 5.26 Å². The summed E-state index contributed by atoms with van der Waals surface area (Å²) in [5, 5.41) is 8.66. The molecule has 2 N–H and O–H groups in total. The Hall–Kier alpha value is -2.33. The Morgan fingerprint density at radius 2 is 2.10 bits per heavy atom. The molecule has 0 saturated heterocycles. The SMILES string of the molecule is N#Cc1ccc(NS(=O)(=O)c2c[nH]c(C3CC3)c2)c(F)c1. The standard InChI is InChI=1S/C14H12FN3O2S/c15-12-5-9(7-16)1-4-13(12)18-21(19,20)11-6-14(17-8-11)10-2-3-10/h1,4-6,8,10,17-18H,2-3H2. The van der Waals surface area contributed by atoms with Crippen LogP contribution in [0.15, 0.2) is 35.4 Å². The Morgan fingerprint density at radius 3 is 2.71 bits per heavy atom. The number of hydrogen-bond donors (Lipinski definition) is 2. The van der Waals surface area contributed by atoms with Crippen LogP contribution < -0.4 is 4.72 Å². The van der Waals surface area contributed by atoms with Gasteiger partial charge in [0.25, 0.3) is 10.0 Å². The minimum Gasteiger partial charge on any atom is -0.363 e. The molecule has 0 bridgehead atoms. The predicted octanol–water partition coefficient (Wildman–Crippen LogP) is 2.70. The molecule has 5 nitrogen and oxygen atoms in total. The zero-order valence-electron chi connectivity index (χ0n) is 10.9. The van der Waals surface area contributed by atoms with Crippen LogP contribution in [0.2, 0.25) is 0 Å². The maximum atomic E-state index is 13.7. The number of benzene rings is 1. The van der Waals surface area contributed by atoms with Gasteiger partial charge in [-0.1, -0.05) is 0 Å². The van der Waals surface area contributed by atoms with Crippen LogP contribution in [-0.4, -0.2) is 13.4 Å². The van der Waals surface area contributed by atoms with E-state index in [1.165, 1.54) is 18.3 Å². The molecule has 1 saturated carbocycles. The fourth-order valence-electron chi connectivity index (χ4n) is 2.05. The molecule has 0 atom stereocenters. The van der Waals surface area contributed by atoms with E-state index in [1.807, 2.05) is 0 Å². The van der Waals surface area contributed by atoms with E-state index in [9.17, 15) is 12.8 Å². The molecule has 0 amide bonds.